The highest BCUT2D eigenvalue weighted by Crippen LogP contribution is 2.27. The average Bonchev–Trinajstić information content (AvgIpc) is 2.76. The van der Waals surface area contributed by atoms with Crippen molar-refractivity contribution in [2.75, 3.05) is 20.2 Å². The lowest BCUT2D eigenvalue weighted by Gasteiger charge is -2.18. The van der Waals surface area contributed by atoms with Crippen LogP contribution in [0.3, 0.4) is 0 Å². The van der Waals surface area contributed by atoms with E-state index in [0.29, 0.717) is 6.42 Å². The highest BCUT2D eigenvalue weighted by Gasteiger charge is 2.16. The Balaban J connectivity index is 2.38. The molecule has 0 saturated heterocycles. The molecule has 0 bridgehead atoms. The van der Waals surface area contributed by atoms with E-state index < -0.39 is 0 Å². The normalized spacial score (nSPS) is 10.8. The lowest BCUT2D eigenvalue weighted by atomic mass is 10.1. The Bertz CT molecular complexity index is 612. The first kappa shape index (κ1) is 14.4. The zero-order chi connectivity index (χ0) is 14.7. The number of aromatic amines is 1. The van der Waals surface area contributed by atoms with Gasteiger partial charge in [-0.05, 0) is 44.5 Å². The van der Waals surface area contributed by atoms with Crippen LogP contribution in [0.1, 0.15) is 25.1 Å². The van der Waals surface area contributed by atoms with Crippen LogP contribution in [0.5, 0.6) is 5.75 Å². The van der Waals surface area contributed by atoms with Gasteiger partial charge in [-0.3, -0.25) is 4.79 Å². The summed E-state index contributed by atoms with van der Waals surface area (Å²) in [6.45, 7) is 7.52. The summed E-state index contributed by atoms with van der Waals surface area (Å²) in [6.07, 6.45) is 0.431. The number of carbonyl (C=O) groups is 1. The van der Waals surface area contributed by atoms with E-state index >= 15 is 0 Å². The molecule has 1 amide bonds. The fraction of sp³-hybridized carbons (Fsp3) is 0.438. The topological polar surface area (TPSA) is 45.3 Å². The Morgan fingerprint density at radius 2 is 2.00 bits per heavy atom. The smallest absolute Gasteiger partial charge is 0.227 e. The molecule has 0 unspecified atom stereocenters. The van der Waals surface area contributed by atoms with E-state index in [1.54, 1.807) is 7.11 Å². The van der Waals surface area contributed by atoms with Crippen molar-refractivity contribution in [1.29, 1.82) is 0 Å². The van der Waals surface area contributed by atoms with Crippen LogP contribution >= 0.6 is 0 Å². The monoisotopic (exact) mass is 274 g/mol. The molecule has 1 heterocycles. The number of hydrogen-bond acceptors (Lipinski definition) is 2. The maximum absolute atomic E-state index is 12.3. The summed E-state index contributed by atoms with van der Waals surface area (Å²) in [5, 5.41) is 1.07. The van der Waals surface area contributed by atoms with Crippen molar-refractivity contribution in [2.45, 2.75) is 27.2 Å². The molecule has 4 nitrogen and oxygen atoms in total. The van der Waals surface area contributed by atoms with E-state index in [-0.39, 0.29) is 5.91 Å². The molecule has 0 aliphatic carbocycles. The predicted molar refractivity (Wildman–Crippen MR) is 81.2 cm³/mol. The molecule has 0 atom stereocenters. The minimum absolute atomic E-state index is 0.168. The van der Waals surface area contributed by atoms with Crippen LogP contribution in [0.25, 0.3) is 10.9 Å². The lowest BCUT2D eigenvalue weighted by Crippen LogP contribution is -2.31. The van der Waals surface area contributed by atoms with Crippen molar-refractivity contribution in [1.82, 2.24) is 9.88 Å². The maximum Gasteiger partial charge on any atom is 0.227 e. The summed E-state index contributed by atoms with van der Waals surface area (Å²) in [5.41, 5.74) is 3.16. The van der Waals surface area contributed by atoms with Crippen molar-refractivity contribution in [2.24, 2.45) is 0 Å². The predicted octanol–water partition coefficient (Wildman–Crippen LogP) is 2.90. The van der Waals surface area contributed by atoms with Crippen molar-refractivity contribution in [3.63, 3.8) is 0 Å². The molecule has 108 valence electrons. The number of nitrogens with one attached hydrogen (secondary N) is 1. The molecule has 1 aromatic carbocycles. The molecule has 4 heteroatoms. The highest BCUT2D eigenvalue weighted by molar-refractivity contribution is 5.91. The first-order chi connectivity index (χ1) is 9.60. The van der Waals surface area contributed by atoms with Gasteiger partial charge in [0.2, 0.25) is 5.91 Å². The van der Waals surface area contributed by atoms with Gasteiger partial charge in [0.05, 0.1) is 13.5 Å². The van der Waals surface area contributed by atoms with Crippen LogP contribution < -0.4 is 4.74 Å². The Hall–Kier alpha value is -1.97. The Kier molecular flexibility index (Phi) is 4.32. The van der Waals surface area contributed by atoms with Crippen LogP contribution in [-0.4, -0.2) is 36.0 Å². The fourth-order valence-corrected chi connectivity index (χ4v) is 2.56. The Labute approximate surface area is 119 Å². The molecule has 0 saturated carbocycles. The van der Waals surface area contributed by atoms with Gasteiger partial charge in [-0.15, -0.1) is 0 Å². The number of aromatic nitrogens is 1. The molecular formula is C16H22N2O2. The van der Waals surface area contributed by atoms with Crippen molar-refractivity contribution in [3.05, 3.63) is 29.5 Å². The van der Waals surface area contributed by atoms with Gasteiger partial charge in [-0.1, -0.05) is 0 Å². The van der Waals surface area contributed by atoms with Gasteiger partial charge in [0.25, 0.3) is 0 Å². The van der Waals surface area contributed by atoms with Crippen molar-refractivity contribution >= 4 is 16.8 Å². The number of likely N-dealkylation sites (N-methyl/N-ethyl adjacent to an activating group) is 1. The van der Waals surface area contributed by atoms with Gasteiger partial charge >= 0.3 is 0 Å². The molecule has 0 fully saturated rings. The van der Waals surface area contributed by atoms with Crippen LogP contribution in [0.2, 0.25) is 0 Å². The van der Waals surface area contributed by atoms with E-state index in [1.807, 2.05) is 43.9 Å². The number of benzene rings is 1. The number of nitrogens with zero attached hydrogens (tertiary/aromatic N) is 1. The lowest BCUT2D eigenvalue weighted by molar-refractivity contribution is -0.130. The number of amides is 1. The minimum atomic E-state index is 0.168. The first-order valence-corrected chi connectivity index (χ1v) is 7.03. The third-order valence-corrected chi connectivity index (χ3v) is 3.77. The van der Waals surface area contributed by atoms with Crippen molar-refractivity contribution in [3.8, 4) is 5.75 Å². The maximum atomic E-state index is 12.3. The van der Waals surface area contributed by atoms with Gasteiger partial charge in [-0.2, -0.15) is 0 Å². The minimum Gasteiger partial charge on any atom is -0.497 e. The molecule has 1 N–H and O–H groups in total. The number of aryl methyl sites for hydroxylation is 1. The van der Waals surface area contributed by atoms with Gasteiger partial charge in [0.1, 0.15) is 5.75 Å². The molecule has 2 rings (SSSR count). The highest BCUT2D eigenvalue weighted by atomic mass is 16.5. The second-order valence-electron chi connectivity index (χ2n) is 4.88. The van der Waals surface area contributed by atoms with E-state index in [9.17, 15) is 4.79 Å². The number of H-pyrrole nitrogens is 1. The molecule has 0 spiro atoms. The van der Waals surface area contributed by atoms with Crippen LogP contribution in [0.4, 0.5) is 0 Å². The summed E-state index contributed by atoms with van der Waals surface area (Å²) in [5.74, 6) is 0.981. The van der Waals surface area contributed by atoms with E-state index in [0.717, 1.165) is 41.0 Å². The zero-order valence-electron chi connectivity index (χ0n) is 12.6. The second kappa shape index (κ2) is 5.99. The van der Waals surface area contributed by atoms with E-state index in [1.165, 1.54) is 0 Å². The standard InChI is InChI=1S/C16H22N2O2/c1-5-18(6-2)16(19)10-13-11(3)17-15-8-7-12(20-4)9-14(13)15/h7-9,17H,5-6,10H2,1-4H3. The molecular weight excluding hydrogens is 252 g/mol. The largest absolute Gasteiger partial charge is 0.497 e. The summed E-state index contributed by atoms with van der Waals surface area (Å²) in [6, 6.07) is 5.91. The number of carbonyl (C=O) groups excluding carboxylic acids is 1. The fourth-order valence-electron chi connectivity index (χ4n) is 2.56. The first-order valence-electron chi connectivity index (χ1n) is 7.03. The van der Waals surface area contributed by atoms with E-state index in [4.69, 9.17) is 4.74 Å². The summed E-state index contributed by atoms with van der Waals surface area (Å²) >= 11 is 0. The molecule has 0 aliphatic rings. The summed E-state index contributed by atoms with van der Waals surface area (Å²) in [4.78, 5) is 17.5. The summed E-state index contributed by atoms with van der Waals surface area (Å²) < 4.78 is 5.27. The Morgan fingerprint density at radius 1 is 1.30 bits per heavy atom. The molecule has 20 heavy (non-hydrogen) atoms. The van der Waals surface area contributed by atoms with Gasteiger partial charge in [-0.25, -0.2) is 0 Å². The molecule has 0 aliphatic heterocycles. The third-order valence-electron chi connectivity index (χ3n) is 3.77. The van der Waals surface area contributed by atoms with Crippen LogP contribution in [0.15, 0.2) is 18.2 Å². The van der Waals surface area contributed by atoms with Gasteiger partial charge in [0, 0.05) is 29.7 Å². The van der Waals surface area contributed by atoms with Gasteiger partial charge in [0.15, 0.2) is 0 Å². The average molecular weight is 274 g/mol. The molecule has 1 aromatic heterocycles. The number of fused-ring (bicyclic) bond motifs is 1. The second-order valence-corrected chi connectivity index (χ2v) is 4.88. The van der Waals surface area contributed by atoms with Crippen LogP contribution in [-0.2, 0) is 11.2 Å². The van der Waals surface area contributed by atoms with Gasteiger partial charge < -0.3 is 14.6 Å². The number of ether oxygens (including phenoxy) is 1. The zero-order valence-corrected chi connectivity index (χ0v) is 12.6. The van der Waals surface area contributed by atoms with Crippen molar-refractivity contribution < 1.29 is 9.53 Å². The van der Waals surface area contributed by atoms with E-state index in [2.05, 4.69) is 4.98 Å². The summed E-state index contributed by atoms with van der Waals surface area (Å²) in [7, 11) is 1.65. The molecule has 2 aromatic rings. The number of methoxy groups -OCH3 is 1. The third kappa shape index (κ3) is 2.64. The quantitative estimate of drug-likeness (QED) is 0.911. The Morgan fingerprint density at radius 3 is 2.60 bits per heavy atom. The SMILES string of the molecule is CCN(CC)C(=O)Cc1c(C)[nH]c2ccc(OC)cc12. The molecule has 0 radical (unpaired) electrons. The number of hydrogen-bond donors (Lipinski definition) is 1. The number of rotatable bonds is 5. The van der Waals surface area contributed by atoms with Crippen LogP contribution in [0, 0.1) is 6.92 Å².